The first-order valence-corrected chi connectivity index (χ1v) is 3.77. The summed E-state index contributed by atoms with van der Waals surface area (Å²) in [5.74, 6) is 0.647. The van der Waals surface area contributed by atoms with Gasteiger partial charge in [-0.3, -0.25) is 0 Å². The molecular formula is C6H15Cl2NO. The molecule has 0 unspecified atom stereocenters. The second-order valence-electron chi connectivity index (χ2n) is 1.85. The van der Waals surface area contributed by atoms with Gasteiger partial charge in [-0.05, 0) is 6.54 Å². The van der Waals surface area contributed by atoms with Crippen molar-refractivity contribution in [3.05, 3.63) is 0 Å². The minimum atomic E-state index is 0. The van der Waals surface area contributed by atoms with E-state index in [4.69, 9.17) is 16.7 Å². The fourth-order valence-corrected chi connectivity index (χ4v) is 0.928. The standard InChI is InChI=1S/C6H14ClNO.ClH/c1-2-8(4-3-7)5-6-9;/h9H,2-6H2,1H3;1H. The van der Waals surface area contributed by atoms with E-state index in [1.807, 2.05) is 0 Å². The molecule has 0 aliphatic heterocycles. The highest BCUT2D eigenvalue weighted by Crippen LogP contribution is 1.87. The van der Waals surface area contributed by atoms with E-state index in [9.17, 15) is 0 Å². The van der Waals surface area contributed by atoms with Crippen LogP contribution in [-0.4, -0.2) is 42.1 Å². The molecular weight excluding hydrogens is 173 g/mol. The Hall–Kier alpha value is 0.500. The first-order chi connectivity index (χ1) is 4.35. The summed E-state index contributed by atoms with van der Waals surface area (Å²) in [6.07, 6.45) is 0. The van der Waals surface area contributed by atoms with Crippen molar-refractivity contribution in [2.24, 2.45) is 0 Å². The Morgan fingerprint density at radius 2 is 2.00 bits per heavy atom. The molecule has 0 spiro atoms. The molecule has 0 heterocycles. The second kappa shape index (κ2) is 9.50. The largest absolute Gasteiger partial charge is 0.395 e. The van der Waals surface area contributed by atoms with E-state index >= 15 is 0 Å². The van der Waals surface area contributed by atoms with E-state index in [1.54, 1.807) is 0 Å². The highest BCUT2D eigenvalue weighted by molar-refractivity contribution is 6.18. The van der Waals surface area contributed by atoms with E-state index in [0.29, 0.717) is 5.88 Å². The summed E-state index contributed by atoms with van der Waals surface area (Å²) < 4.78 is 0. The molecule has 0 aliphatic rings. The fraction of sp³-hybridized carbons (Fsp3) is 1.00. The predicted octanol–water partition coefficient (Wildman–Crippen LogP) is 0.961. The summed E-state index contributed by atoms with van der Waals surface area (Å²) in [4.78, 5) is 2.10. The van der Waals surface area contributed by atoms with Crippen LogP contribution in [0.25, 0.3) is 0 Å². The molecule has 0 aromatic carbocycles. The third-order valence-electron chi connectivity index (χ3n) is 1.26. The summed E-state index contributed by atoms with van der Waals surface area (Å²) in [5.41, 5.74) is 0. The van der Waals surface area contributed by atoms with Gasteiger partial charge in [-0.15, -0.1) is 24.0 Å². The number of aliphatic hydroxyl groups excluding tert-OH is 1. The zero-order chi connectivity index (χ0) is 7.11. The van der Waals surface area contributed by atoms with Gasteiger partial charge < -0.3 is 10.0 Å². The van der Waals surface area contributed by atoms with Crippen molar-refractivity contribution < 1.29 is 5.11 Å². The molecule has 0 saturated carbocycles. The van der Waals surface area contributed by atoms with Gasteiger partial charge in [-0.25, -0.2) is 0 Å². The van der Waals surface area contributed by atoms with Gasteiger partial charge in [0.25, 0.3) is 0 Å². The molecule has 0 amide bonds. The molecule has 0 aromatic heterocycles. The minimum absolute atomic E-state index is 0. The van der Waals surface area contributed by atoms with E-state index < -0.39 is 0 Å². The normalized spacial score (nSPS) is 9.60. The van der Waals surface area contributed by atoms with Crippen LogP contribution in [0.2, 0.25) is 0 Å². The second-order valence-corrected chi connectivity index (χ2v) is 2.22. The molecule has 10 heavy (non-hydrogen) atoms. The van der Waals surface area contributed by atoms with E-state index in [0.717, 1.165) is 19.6 Å². The molecule has 4 heteroatoms. The lowest BCUT2D eigenvalue weighted by Gasteiger charge is -2.16. The Morgan fingerprint density at radius 1 is 1.40 bits per heavy atom. The Labute approximate surface area is 73.6 Å². The van der Waals surface area contributed by atoms with Crippen molar-refractivity contribution in [3.8, 4) is 0 Å². The number of hydrogen-bond donors (Lipinski definition) is 1. The van der Waals surface area contributed by atoms with Gasteiger partial charge in [0.1, 0.15) is 0 Å². The maximum atomic E-state index is 8.51. The molecule has 0 rings (SSSR count). The summed E-state index contributed by atoms with van der Waals surface area (Å²) in [6.45, 7) is 4.86. The summed E-state index contributed by atoms with van der Waals surface area (Å²) in [5, 5.41) is 8.51. The van der Waals surface area contributed by atoms with Gasteiger partial charge in [0.15, 0.2) is 0 Å². The number of halogens is 2. The summed E-state index contributed by atoms with van der Waals surface area (Å²) in [7, 11) is 0. The SMILES string of the molecule is CCN(CCO)CCCl.Cl. The van der Waals surface area contributed by atoms with Crippen molar-refractivity contribution in [3.63, 3.8) is 0 Å². The van der Waals surface area contributed by atoms with E-state index in [2.05, 4.69) is 11.8 Å². The maximum absolute atomic E-state index is 8.51. The zero-order valence-electron chi connectivity index (χ0n) is 6.22. The van der Waals surface area contributed by atoms with E-state index in [1.165, 1.54) is 0 Å². The molecule has 0 bridgehead atoms. The lowest BCUT2D eigenvalue weighted by Crippen LogP contribution is -2.28. The number of hydrogen-bond acceptors (Lipinski definition) is 2. The molecule has 0 aromatic rings. The van der Waals surface area contributed by atoms with Gasteiger partial charge in [0, 0.05) is 19.0 Å². The van der Waals surface area contributed by atoms with Crippen LogP contribution >= 0.6 is 24.0 Å². The van der Waals surface area contributed by atoms with Crippen LogP contribution in [0.15, 0.2) is 0 Å². The fourth-order valence-electron chi connectivity index (χ4n) is 0.689. The zero-order valence-corrected chi connectivity index (χ0v) is 7.79. The molecule has 0 aliphatic carbocycles. The van der Waals surface area contributed by atoms with Gasteiger partial charge in [0.2, 0.25) is 0 Å². The molecule has 1 N–H and O–H groups in total. The van der Waals surface area contributed by atoms with Gasteiger partial charge in [-0.1, -0.05) is 6.92 Å². The molecule has 0 atom stereocenters. The number of aliphatic hydroxyl groups is 1. The van der Waals surface area contributed by atoms with Crippen LogP contribution in [0.1, 0.15) is 6.92 Å². The Bertz CT molecular complexity index is 57.7. The maximum Gasteiger partial charge on any atom is 0.0558 e. The van der Waals surface area contributed by atoms with Crippen molar-refractivity contribution in [2.45, 2.75) is 6.92 Å². The Balaban J connectivity index is 0. The monoisotopic (exact) mass is 187 g/mol. The van der Waals surface area contributed by atoms with Crippen LogP contribution in [0.5, 0.6) is 0 Å². The highest BCUT2D eigenvalue weighted by Gasteiger charge is 1.97. The average molecular weight is 188 g/mol. The minimum Gasteiger partial charge on any atom is -0.395 e. The number of alkyl halides is 1. The number of nitrogens with zero attached hydrogens (tertiary/aromatic N) is 1. The van der Waals surface area contributed by atoms with Crippen molar-refractivity contribution in [2.75, 3.05) is 32.1 Å². The lowest BCUT2D eigenvalue weighted by molar-refractivity contribution is 0.209. The van der Waals surface area contributed by atoms with Crippen LogP contribution in [0.4, 0.5) is 0 Å². The topological polar surface area (TPSA) is 23.5 Å². The van der Waals surface area contributed by atoms with Gasteiger partial charge >= 0.3 is 0 Å². The Morgan fingerprint density at radius 3 is 2.30 bits per heavy atom. The third-order valence-corrected chi connectivity index (χ3v) is 1.43. The van der Waals surface area contributed by atoms with Crippen LogP contribution in [-0.2, 0) is 0 Å². The smallest absolute Gasteiger partial charge is 0.0558 e. The van der Waals surface area contributed by atoms with Gasteiger partial charge in [0.05, 0.1) is 6.61 Å². The molecule has 0 fully saturated rings. The van der Waals surface area contributed by atoms with Crippen LogP contribution in [0, 0.1) is 0 Å². The molecule has 0 saturated heterocycles. The lowest BCUT2D eigenvalue weighted by atomic mass is 10.5. The van der Waals surface area contributed by atoms with E-state index in [-0.39, 0.29) is 19.0 Å². The first-order valence-electron chi connectivity index (χ1n) is 3.24. The molecule has 0 radical (unpaired) electrons. The Kier molecular flexibility index (Phi) is 12.5. The van der Waals surface area contributed by atoms with Gasteiger partial charge in [-0.2, -0.15) is 0 Å². The van der Waals surface area contributed by atoms with Crippen LogP contribution in [0.3, 0.4) is 0 Å². The number of likely N-dealkylation sites (N-methyl/N-ethyl adjacent to an activating group) is 1. The predicted molar refractivity (Wildman–Crippen MR) is 47.2 cm³/mol. The van der Waals surface area contributed by atoms with Crippen molar-refractivity contribution >= 4 is 24.0 Å². The van der Waals surface area contributed by atoms with Crippen molar-refractivity contribution in [1.82, 2.24) is 4.90 Å². The number of rotatable bonds is 5. The van der Waals surface area contributed by atoms with Crippen LogP contribution < -0.4 is 0 Å². The highest BCUT2D eigenvalue weighted by atomic mass is 35.5. The average Bonchev–Trinajstić information content (AvgIpc) is 1.88. The quantitative estimate of drug-likeness (QED) is 0.649. The summed E-state index contributed by atoms with van der Waals surface area (Å²) in [6, 6.07) is 0. The third kappa shape index (κ3) is 6.62. The van der Waals surface area contributed by atoms with Crippen molar-refractivity contribution in [1.29, 1.82) is 0 Å². The molecule has 64 valence electrons. The summed E-state index contributed by atoms with van der Waals surface area (Å²) >= 11 is 5.49. The first kappa shape index (κ1) is 13.1. The molecule has 2 nitrogen and oxygen atoms in total.